The number of hydrogen-bond acceptors (Lipinski definition) is 6. The summed E-state index contributed by atoms with van der Waals surface area (Å²) in [6.45, 7) is 5.74. The minimum Gasteiger partial charge on any atom is -0.402 e. The number of benzene rings is 2. The molecule has 0 bridgehead atoms. The first-order chi connectivity index (χ1) is 14.7. The fraction of sp³-hybridized carbons (Fsp3) is 0.227. The van der Waals surface area contributed by atoms with E-state index in [0.717, 1.165) is 0 Å². The minimum atomic E-state index is -3.57. The van der Waals surface area contributed by atoms with Gasteiger partial charge in [0.25, 0.3) is 0 Å². The maximum Gasteiger partial charge on any atom is 0.363 e. The molecule has 1 aliphatic rings. The summed E-state index contributed by atoms with van der Waals surface area (Å²) in [5, 5.41) is 2.67. The zero-order valence-electron chi connectivity index (χ0n) is 17.5. The smallest absolute Gasteiger partial charge is 0.363 e. The predicted octanol–water partition coefficient (Wildman–Crippen LogP) is 3.02. The summed E-state index contributed by atoms with van der Waals surface area (Å²) in [6, 6.07) is 13.0. The normalized spacial score (nSPS) is 15.2. The van der Waals surface area contributed by atoms with Crippen LogP contribution in [0.2, 0.25) is 0 Å². The first-order valence-electron chi connectivity index (χ1n) is 9.75. The molecule has 0 radical (unpaired) electrons. The lowest BCUT2D eigenvalue weighted by Crippen LogP contribution is -2.30. The zero-order valence-corrected chi connectivity index (χ0v) is 18.3. The summed E-state index contributed by atoms with van der Waals surface area (Å²) in [5.41, 5.74) is 1.98. The molecule has 162 valence electrons. The second-order valence-electron chi connectivity index (χ2n) is 6.75. The number of aliphatic imine (C=N–C) groups is 1. The number of anilines is 1. The highest BCUT2D eigenvalue weighted by molar-refractivity contribution is 7.89. The number of ether oxygens (including phenoxy) is 1. The molecule has 0 fully saturated rings. The Hall–Kier alpha value is -3.30. The third-order valence-electron chi connectivity index (χ3n) is 4.60. The number of sulfonamides is 1. The van der Waals surface area contributed by atoms with Gasteiger partial charge < -0.3 is 10.1 Å². The first kappa shape index (κ1) is 22.4. The van der Waals surface area contributed by atoms with E-state index in [-0.39, 0.29) is 22.4 Å². The van der Waals surface area contributed by atoms with Gasteiger partial charge in [-0.15, -0.1) is 0 Å². The molecule has 0 saturated heterocycles. The maximum absolute atomic E-state index is 12.6. The molecule has 0 spiro atoms. The van der Waals surface area contributed by atoms with E-state index in [0.29, 0.717) is 29.9 Å². The summed E-state index contributed by atoms with van der Waals surface area (Å²) in [6.07, 6.45) is 1.58. The molecule has 0 aromatic heterocycles. The number of nitrogens with zero attached hydrogens (tertiary/aromatic N) is 2. The minimum absolute atomic E-state index is 0.109. The summed E-state index contributed by atoms with van der Waals surface area (Å²) in [4.78, 5) is 27.7. The van der Waals surface area contributed by atoms with Crippen LogP contribution in [-0.2, 0) is 24.3 Å². The number of nitrogens with one attached hydrogen (secondary N) is 1. The molecule has 0 aliphatic carbocycles. The summed E-state index contributed by atoms with van der Waals surface area (Å²) in [5.74, 6) is -0.658. The van der Waals surface area contributed by atoms with E-state index in [2.05, 4.69) is 10.3 Å². The van der Waals surface area contributed by atoms with Gasteiger partial charge in [0, 0.05) is 31.3 Å². The van der Waals surface area contributed by atoms with Gasteiger partial charge >= 0.3 is 5.97 Å². The van der Waals surface area contributed by atoms with E-state index >= 15 is 0 Å². The van der Waals surface area contributed by atoms with Crippen molar-refractivity contribution in [2.45, 2.75) is 25.7 Å². The Morgan fingerprint density at radius 3 is 2.23 bits per heavy atom. The van der Waals surface area contributed by atoms with Crippen molar-refractivity contribution in [3.63, 3.8) is 0 Å². The van der Waals surface area contributed by atoms with Gasteiger partial charge in [-0.25, -0.2) is 18.2 Å². The van der Waals surface area contributed by atoms with Gasteiger partial charge in [-0.1, -0.05) is 26.0 Å². The topological polar surface area (TPSA) is 105 Å². The monoisotopic (exact) mass is 441 g/mol. The van der Waals surface area contributed by atoms with Gasteiger partial charge in [0.15, 0.2) is 5.70 Å². The van der Waals surface area contributed by atoms with Crippen LogP contribution in [0.15, 0.2) is 64.1 Å². The van der Waals surface area contributed by atoms with Crippen molar-refractivity contribution in [1.29, 1.82) is 0 Å². The zero-order chi connectivity index (χ0) is 22.6. The fourth-order valence-electron chi connectivity index (χ4n) is 3.04. The average Bonchev–Trinajstić information content (AvgIpc) is 3.10. The highest BCUT2D eigenvalue weighted by Crippen LogP contribution is 2.22. The molecule has 2 aromatic rings. The third-order valence-corrected chi connectivity index (χ3v) is 6.66. The van der Waals surface area contributed by atoms with Crippen LogP contribution in [0.25, 0.3) is 6.08 Å². The van der Waals surface area contributed by atoms with E-state index in [9.17, 15) is 18.0 Å². The van der Waals surface area contributed by atoms with Crippen LogP contribution in [0.5, 0.6) is 0 Å². The Balaban J connectivity index is 1.81. The van der Waals surface area contributed by atoms with Crippen LogP contribution in [0, 0.1) is 0 Å². The quantitative estimate of drug-likeness (QED) is 0.525. The predicted molar refractivity (Wildman–Crippen MR) is 118 cm³/mol. The number of cyclic esters (lactones) is 1. The standard InChI is InChI=1S/C22H23N3O5S/c1-4-25(5-2)31(28,29)19-12-8-17(9-13-19)21-24-20(22(27)30-21)14-16-6-10-18(11-7-16)23-15(3)26/h6-14H,4-5H2,1-3H3,(H,23,26)/b20-14-. The van der Waals surface area contributed by atoms with Crippen LogP contribution in [0.4, 0.5) is 5.69 Å². The lowest BCUT2D eigenvalue weighted by Gasteiger charge is -2.18. The number of hydrogen-bond donors (Lipinski definition) is 1. The molecule has 3 rings (SSSR count). The van der Waals surface area contributed by atoms with Crippen LogP contribution in [0.3, 0.4) is 0 Å². The Morgan fingerprint density at radius 2 is 1.68 bits per heavy atom. The lowest BCUT2D eigenvalue weighted by atomic mass is 10.1. The maximum atomic E-state index is 12.6. The molecule has 0 atom stereocenters. The van der Waals surface area contributed by atoms with Crippen molar-refractivity contribution < 1.29 is 22.7 Å². The van der Waals surface area contributed by atoms with Crippen molar-refractivity contribution in [2.24, 2.45) is 4.99 Å². The fourth-order valence-corrected chi connectivity index (χ4v) is 4.50. The molecular weight excluding hydrogens is 418 g/mol. The number of carbonyl (C=O) groups excluding carboxylic acids is 2. The second-order valence-corrected chi connectivity index (χ2v) is 8.69. The first-order valence-corrected chi connectivity index (χ1v) is 11.2. The molecule has 8 nitrogen and oxygen atoms in total. The summed E-state index contributed by atoms with van der Waals surface area (Å²) in [7, 11) is -3.57. The van der Waals surface area contributed by atoms with E-state index in [1.54, 1.807) is 56.3 Å². The number of esters is 1. The van der Waals surface area contributed by atoms with Gasteiger partial charge in [-0.2, -0.15) is 4.31 Å². The van der Waals surface area contributed by atoms with Crippen molar-refractivity contribution in [3.05, 3.63) is 65.4 Å². The van der Waals surface area contributed by atoms with E-state index in [1.165, 1.54) is 23.4 Å². The van der Waals surface area contributed by atoms with Crippen LogP contribution in [-0.4, -0.2) is 43.6 Å². The highest BCUT2D eigenvalue weighted by atomic mass is 32.2. The van der Waals surface area contributed by atoms with Crippen molar-refractivity contribution in [3.8, 4) is 0 Å². The largest absolute Gasteiger partial charge is 0.402 e. The molecule has 1 aliphatic heterocycles. The summed E-state index contributed by atoms with van der Waals surface area (Å²) < 4.78 is 31.8. The molecule has 9 heteroatoms. The van der Waals surface area contributed by atoms with E-state index in [1.807, 2.05) is 0 Å². The van der Waals surface area contributed by atoms with Gasteiger partial charge in [-0.3, -0.25) is 4.79 Å². The van der Waals surface area contributed by atoms with E-state index in [4.69, 9.17) is 4.74 Å². The van der Waals surface area contributed by atoms with Crippen LogP contribution in [0.1, 0.15) is 31.9 Å². The number of rotatable bonds is 7. The van der Waals surface area contributed by atoms with Crippen LogP contribution < -0.4 is 5.32 Å². The Morgan fingerprint density at radius 1 is 1.06 bits per heavy atom. The Bertz CT molecular complexity index is 1150. The molecule has 31 heavy (non-hydrogen) atoms. The van der Waals surface area contributed by atoms with Gasteiger partial charge in [0.05, 0.1) is 4.90 Å². The highest BCUT2D eigenvalue weighted by Gasteiger charge is 2.26. The molecule has 0 unspecified atom stereocenters. The molecule has 1 heterocycles. The van der Waals surface area contributed by atoms with Crippen molar-refractivity contribution in [1.82, 2.24) is 4.31 Å². The molecule has 2 aromatic carbocycles. The molecule has 0 saturated carbocycles. The van der Waals surface area contributed by atoms with Gasteiger partial charge in [0.2, 0.25) is 21.8 Å². The average molecular weight is 442 g/mol. The molecular formula is C22H23N3O5S. The molecule has 1 N–H and O–H groups in total. The van der Waals surface area contributed by atoms with Crippen molar-refractivity contribution >= 4 is 39.6 Å². The van der Waals surface area contributed by atoms with Gasteiger partial charge in [0.1, 0.15) is 0 Å². The van der Waals surface area contributed by atoms with Gasteiger partial charge in [-0.05, 0) is 48.0 Å². The third kappa shape index (κ3) is 5.07. The van der Waals surface area contributed by atoms with Crippen molar-refractivity contribution in [2.75, 3.05) is 18.4 Å². The summed E-state index contributed by atoms with van der Waals surface area (Å²) >= 11 is 0. The number of carbonyl (C=O) groups is 2. The Kier molecular flexibility index (Phi) is 6.67. The second kappa shape index (κ2) is 9.23. The lowest BCUT2D eigenvalue weighted by molar-refractivity contribution is -0.129. The number of amides is 1. The SMILES string of the molecule is CCN(CC)S(=O)(=O)c1ccc(C2=N/C(=C\c3ccc(NC(C)=O)cc3)C(=O)O2)cc1. The van der Waals surface area contributed by atoms with E-state index < -0.39 is 16.0 Å². The van der Waals surface area contributed by atoms with Crippen LogP contribution >= 0.6 is 0 Å². The Labute approximate surface area is 181 Å². The molecule has 1 amide bonds.